The predicted octanol–water partition coefficient (Wildman–Crippen LogP) is 4.84. The molecular weight excluding hydrogens is 274 g/mol. The molecule has 0 aliphatic heterocycles. The Bertz CT molecular complexity index is 187. The maximum Gasteiger partial charge on any atom is 0.01000 e. The van der Waals surface area contributed by atoms with Crippen LogP contribution in [-0.4, -0.2) is 29.4 Å². The van der Waals surface area contributed by atoms with Crippen LogP contribution in [0.4, 0.5) is 0 Å². The van der Waals surface area contributed by atoms with E-state index in [1.165, 1.54) is 58.0 Å². The molecule has 0 spiro atoms. The molecule has 1 aliphatic carbocycles. The van der Waals surface area contributed by atoms with E-state index in [4.69, 9.17) is 0 Å². The number of nitrogens with zero attached hydrogens (tertiary/aromatic N) is 1. The lowest BCUT2D eigenvalue weighted by Gasteiger charge is -2.41. The number of rotatable bonds is 7. The first kappa shape index (κ1) is 15.5. The molecule has 0 N–H and O–H groups in total. The van der Waals surface area contributed by atoms with Crippen LogP contribution in [0.1, 0.15) is 65.7 Å². The second-order valence-corrected chi connectivity index (χ2v) is 6.26. The van der Waals surface area contributed by atoms with Crippen LogP contribution in [0.2, 0.25) is 0 Å². The van der Waals surface area contributed by atoms with Gasteiger partial charge in [0, 0.05) is 17.9 Å². The monoisotopic (exact) mass is 303 g/mol. The highest BCUT2D eigenvalue weighted by Crippen LogP contribution is 2.32. The largest absolute Gasteiger partial charge is 0.300 e. The fourth-order valence-corrected chi connectivity index (χ4v) is 4.05. The lowest BCUT2D eigenvalue weighted by Crippen LogP contribution is -2.44. The first-order valence-electron chi connectivity index (χ1n) is 7.51. The van der Waals surface area contributed by atoms with Crippen LogP contribution in [0.3, 0.4) is 0 Å². The minimum atomic E-state index is 0.494. The van der Waals surface area contributed by atoms with E-state index in [-0.39, 0.29) is 0 Å². The fourth-order valence-electron chi connectivity index (χ4n) is 3.08. The zero-order valence-electron chi connectivity index (χ0n) is 12.0. The van der Waals surface area contributed by atoms with Gasteiger partial charge in [0.25, 0.3) is 0 Å². The van der Waals surface area contributed by atoms with Crippen LogP contribution in [0.15, 0.2) is 0 Å². The molecule has 0 heterocycles. The first-order chi connectivity index (χ1) is 8.21. The van der Waals surface area contributed by atoms with E-state index in [2.05, 4.69) is 41.6 Å². The molecule has 0 amide bonds. The zero-order chi connectivity index (χ0) is 12.7. The van der Waals surface area contributed by atoms with E-state index in [0.29, 0.717) is 5.41 Å². The SMILES string of the molecule is CCN(CC(CC)(CC)CBr)C1CCCCC1. The molecule has 2 heteroatoms. The molecule has 0 saturated heterocycles. The van der Waals surface area contributed by atoms with E-state index < -0.39 is 0 Å². The Morgan fingerprint density at radius 3 is 2.06 bits per heavy atom. The van der Waals surface area contributed by atoms with Crippen LogP contribution in [0.25, 0.3) is 0 Å². The summed E-state index contributed by atoms with van der Waals surface area (Å²) < 4.78 is 0. The van der Waals surface area contributed by atoms with Crippen LogP contribution < -0.4 is 0 Å². The zero-order valence-corrected chi connectivity index (χ0v) is 13.6. The van der Waals surface area contributed by atoms with Crippen molar-refractivity contribution in [2.45, 2.75) is 71.8 Å². The molecule has 0 aromatic carbocycles. The van der Waals surface area contributed by atoms with Gasteiger partial charge in [-0.2, -0.15) is 0 Å². The average molecular weight is 304 g/mol. The van der Waals surface area contributed by atoms with E-state index in [9.17, 15) is 0 Å². The standard InChI is InChI=1S/C15H30BrN/c1-4-15(5-2,12-16)13-17(6-3)14-10-8-7-9-11-14/h14H,4-13H2,1-3H3. The Morgan fingerprint density at radius 2 is 1.65 bits per heavy atom. The van der Waals surface area contributed by atoms with Crippen molar-refractivity contribution in [1.29, 1.82) is 0 Å². The topological polar surface area (TPSA) is 3.24 Å². The first-order valence-corrected chi connectivity index (χ1v) is 8.63. The molecule has 1 saturated carbocycles. The second kappa shape index (κ2) is 7.78. The summed E-state index contributed by atoms with van der Waals surface area (Å²) >= 11 is 3.75. The summed E-state index contributed by atoms with van der Waals surface area (Å²) in [6.45, 7) is 9.53. The van der Waals surface area contributed by atoms with Crippen LogP contribution in [-0.2, 0) is 0 Å². The minimum Gasteiger partial charge on any atom is -0.300 e. The molecule has 0 unspecified atom stereocenters. The number of halogens is 1. The van der Waals surface area contributed by atoms with E-state index in [0.717, 1.165) is 11.4 Å². The van der Waals surface area contributed by atoms with Gasteiger partial charge in [-0.25, -0.2) is 0 Å². The van der Waals surface area contributed by atoms with Gasteiger partial charge in [0.2, 0.25) is 0 Å². The number of hydrogen-bond acceptors (Lipinski definition) is 1. The van der Waals surface area contributed by atoms with Crippen molar-refractivity contribution in [2.24, 2.45) is 5.41 Å². The Balaban J connectivity index is 2.59. The van der Waals surface area contributed by atoms with Crippen molar-refractivity contribution < 1.29 is 0 Å². The third-order valence-corrected chi connectivity index (χ3v) is 6.01. The summed E-state index contributed by atoms with van der Waals surface area (Å²) in [4.78, 5) is 2.76. The van der Waals surface area contributed by atoms with E-state index in [1.807, 2.05) is 0 Å². The molecule has 102 valence electrons. The molecule has 1 rings (SSSR count). The summed E-state index contributed by atoms with van der Waals surface area (Å²) in [6.07, 6.45) is 9.79. The third kappa shape index (κ3) is 4.24. The lowest BCUT2D eigenvalue weighted by atomic mass is 9.83. The van der Waals surface area contributed by atoms with Gasteiger partial charge in [-0.05, 0) is 37.6 Å². The van der Waals surface area contributed by atoms with Crippen LogP contribution in [0, 0.1) is 5.41 Å². The van der Waals surface area contributed by atoms with Crippen molar-refractivity contribution >= 4 is 15.9 Å². The molecule has 1 aliphatic rings. The summed E-state index contributed by atoms with van der Waals surface area (Å²) in [5.41, 5.74) is 0.494. The summed E-state index contributed by atoms with van der Waals surface area (Å²) in [6, 6.07) is 0.866. The highest BCUT2D eigenvalue weighted by Gasteiger charge is 2.30. The van der Waals surface area contributed by atoms with Crippen molar-refractivity contribution in [1.82, 2.24) is 4.90 Å². The highest BCUT2D eigenvalue weighted by molar-refractivity contribution is 9.09. The minimum absolute atomic E-state index is 0.494. The second-order valence-electron chi connectivity index (χ2n) is 5.70. The Hall–Kier alpha value is 0.440. The van der Waals surface area contributed by atoms with Gasteiger partial charge in [-0.15, -0.1) is 0 Å². The van der Waals surface area contributed by atoms with Gasteiger partial charge in [-0.1, -0.05) is 56.0 Å². The maximum atomic E-state index is 3.75. The molecule has 1 nitrogen and oxygen atoms in total. The summed E-state index contributed by atoms with van der Waals surface area (Å²) in [7, 11) is 0. The molecule has 17 heavy (non-hydrogen) atoms. The summed E-state index contributed by atoms with van der Waals surface area (Å²) in [5.74, 6) is 0. The van der Waals surface area contributed by atoms with Crippen LogP contribution >= 0.6 is 15.9 Å². The molecule has 0 aromatic rings. The van der Waals surface area contributed by atoms with Crippen molar-refractivity contribution in [3.8, 4) is 0 Å². The number of hydrogen-bond donors (Lipinski definition) is 0. The van der Waals surface area contributed by atoms with Crippen molar-refractivity contribution in [3.05, 3.63) is 0 Å². The molecular formula is C15H30BrN. The Labute approximate surface area is 116 Å². The maximum absolute atomic E-state index is 3.75. The molecule has 0 atom stereocenters. The fraction of sp³-hybridized carbons (Fsp3) is 1.00. The van der Waals surface area contributed by atoms with Gasteiger partial charge in [0.05, 0.1) is 0 Å². The van der Waals surface area contributed by atoms with E-state index in [1.54, 1.807) is 0 Å². The quantitative estimate of drug-likeness (QED) is 0.608. The molecule has 0 bridgehead atoms. The smallest absolute Gasteiger partial charge is 0.01000 e. The molecule has 0 radical (unpaired) electrons. The van der Waals surface area contributed by atoms with Crippen molar-refractivity contribution in [3.63, 3.8) is 0 Å². The van der Waals surface area contributed by atoms with E-state index >= 15 is 0 Å². The van der Waals surface area contributed by atoms with Gasteiger partial charge < -0.3 is 4.90 Å². The van der Waals surface area contributed by atoms with Gasteiger partial charge >= 0.3 is 0 Å². The predicted molar refractivity (Wildman–Crippen MR) is 80.9 cm³/mol. The highest BCUT2D eigenvalue weighted by atomic mass is 79.9. The normalized spacial score (nSPS) is 18.9. The summed E-state index contributed by atoms with van der Waals surface area (Å²) in [5, 5.41) is 1.15. The number of alkyl halides is 1. The van der Waals surface area contributed by atoms with Crippen LogP contribution in [0.5, 0.6) is 0 Å². The average Bonchev–Trinajstić information content (AvgIpc) is 2.42. The Morgan fingerprint density at radius 1 is 1.06 bits per heavy atom. The molecule has 1 fully saturated rings. The Kier molecular flexibility index (Phi) is 7.10. The van der Waals surface area contributed by atoms with Gasteiger partial charge in [-0.3, -0.25) is 0 Å². The lowest BCUT2D eigenvalue weighted by molar-refractivity contribution is 0.0989. The third-order valence-electron chi connectivity index (χ3n) is 4.82. The van der Waals surface area contributed by atoms with Crippen molar-refractivity contribution in [2.75, 3.05) is 18.4 Å². The van der Waals surface area contributed by atoms with Gasteiger partial charge in [0.1, 0.15) is 0 Å². The van der Waals surface area contributed by atoms with Gasteiger partial charge in [0.15, 0.2) is 0 Å². The molecule has 0 aromatic heterocycles.